The molecular weight excluding hydrogens is 549 g/mol. The molecule has 0 amide bonds. The molecule has 0 N–H and O–H groups in total. The molecule has 0 spiro atoms. The second kappa shape index (κ2) is 14.7. The first-order chi connectivity index (χ1) is 18.6. The first-order valence-electron chi connectivity index (χ1n) is 13.4. The van der Waals surface area contributed by atoms with Crippen LogP contribution in [0.2, 0.25) is 39.3 Å². The molecule has 0 saturated heterocycles. The number of hydrogen-bond acceptors (Lipinski definition) is 4. The zero-order valence-corrected chi connectivity index (χ0v) is 28.6. The fourth-order valence-corrected chi connectivity index (χ4v) is 17.4. The summed E-state index contributed by atoms with van der Waals surface area (Å²) < 4.78 is 24.3. The Morgan fingerprint density at radius 3 is 1.41 bits per heavy atom. The van der Waals surface area contributed by atoms with Gasteiger partial charge >= 0.3 is 17.1 Å². The number of rotatable bonds is 10. The van der Waals surface area contributed by atoms with E-state index >= 15 is 0 Å². The van der Waals surface area contributed by atoms with Gasteiger partial charge in [0.15, 0.2) is 9.04 Å². The summed E-state index contributed by atoms with van der Waals surface area (Å²) in [6.45, 7) is 12.7. The van der Waals surface area contributed by atoms with Gasteiger partial charge in [-0.3, -0.25) is 0 Å². The van der Waals surface area contributed by atoms with E-state index in [1.807, 2.05) is 42.5 Å². The molecule has 8 heteroatoms. The monoisotopic (exact) mass is 590 g/mol. The molecular formula is C31H42O4Si4. The van der Waals surface area contributed by atoms with Crippen molar-refractivity contribution in [1.82, 2.24) is 0 Å². The van der Waals surface area contributed by atoms with Gasteiger partial charge in [0.1, 0.15) is 5.75 Å². The Balaban J connectivity index is 0.000000239. The zero-order chi connectivity index (χ0) is 28.3. The highest BCUT2D eigenvalue weighted by Crippen LogP contribution is 2.25. The second-order valence-corrected chi connectivity index (χ2v) is 22.7. The summed E-state index contributed by atoms with van der Waals surface area (Å²) in [7, 11) is -5.14. The summed E-state index contributed by atoms with van der Waals surface area (Å²) >= 11 is 0. The molecule has 206 valence electrons. The Labute approximate surface area is 240 Å². The average molecular weight is 591 g/mol. The van der Waals surface area contributed by atoms with Crippen LogP contribution < -0.4 is 14.8 Å². The van der Waals surface area contributed by atoms with Crippen LogP contribution in [-0.2, 0) is 12.7 Å². The van der Waals surface area contributed by atoms with Crippen molar-refractivity contribution < 1.29 is 17.1 Å². The van der Waals surface area contributed by atoms with Crippen LogP contribution in [0.3, 0.4) is 0 Å². The predicted octanol–water partition coefficient (Wildman–Crippen LogP) is 6.32. The van der Waals surface area contributed by atoms with Crippen LogP contribution in [0.5, 0.6) is 5.75 Å². The summed E-state index contributed by atoms with van der Waals surface area (Å²) in [5.41, 5.74) is 2.40. The normalized spacial score (nSPS) is 11.7. The van der Waals surface area contributed by atoms with Gasteiger partial charge in [-0.2, -0.15) is 0 Å². The highest BCUT2D eigenvalue weighted by molar-refractivity contribution is 6.82. The van der Waals surface area contributed by atoms with Crippen LogP contribution >= 0.6 is 0 Å². The molecule has 0 radical (unpaired) electrons. The van der Waals surface area contributed by atoms with Crippen LogP contribution in [0.25, 0.3) is 11.1 Å². The van der Waals surface area contributed by atoms with Crippen LogP contribution in [0.15, 0.2) is 115 Å². The Kier molecular flexibility index (Phi) is 11.7. The van der Waals surface area contributed by atoms with Gasteiger partial charge in [-0.15, -0.1) is 0 Å². The van der Waals surface area contributed by atoms with Crippen LogP contribution in [0, 0.1) is 0 Å². The lowest BCUT2D eigenvalue weighted by Crippen LogP contribution is -2.51. The minimum absolute atomic E-state index is 0.859. The maximum absolute atomic E-state index is 6.32. The van der Waals surface area contributed by atoms with Crippen molar-refractivity contribution in [2.24, 2.45) is 0 Å². The summed E-state index contributed by atoms with van der Waals surface area (Å²) in [6.07, 6.45) is 0. The topological polar surface area (TPSA) is 36.9 Å². The molecule has 4 nitrogen and oxygen atoms in total. The van der Waals surface area contributed by atoms with Gasteiger partial charge < -0.3 is 17.1 Å². The SMILES string of the molecule is CO[SiH](c1ccccc1)c1ccccc1.C[SiH](C)O[Si](C)(C)O[Si](C)(C)Oc1ccc(-c2ccccc2)cc1. The summed E-state index contributed by atoms with van der Waals surface area (Å²) in [5.74, 6) is 0.859. The highest BCUT2D eigenvalue weighted by Gasteiger charge is 2.38. The van der Waals surface area contributed by atoms with Gasteiger partial charge in [-0.05, 0) is 72.9 Å². The third kappa shape index (κ3) is 10.5. The van der Waals surface area contributed by atoms with Crippen molar-refractivity contribution in [2.75, 3.05) is 7.11 Å². The fraction of sp³-hybridized carbons (Fsp3) is 0.226. The van der Waals surface area contributed by atoms with Crippen LogP contribution in [-0.4, -0.2) is 42.3 Å². The first-order valence-corrected chi connectivity index (χ1v) is 23.5. The summed E-state index contributed by atoms with van der Waals surface area (Å²) in [4.78, 5) is 0. The van der Waals surface area contributed by atoms with E-state index in [0.717, 1.165) is 5.75 Å². The lowest BCUT2D eigenvalue weighted by molar-refractivity contribution is 0.337. The molecule has 39 heavy (non-hydrogen) atoms. The summed E-state index contributed by atoms with van der Waals surface area (Å²) in [5, 5.41) is 2.65. The van der Waals surface area contributed by atoms with E-state index < -0.39 is 35.2 Å². The molecule has 0 aliphatic rings. The fourth-order valence-electron chi connectivity index (χ4n) is 4.55. The Hall–Kier alpha value is -2.57. The Bertz CT molecular complexity index is 1200. The van der Waals surface area contributed by atoms with Crippen molar-refractivity contribution in [2.45, 2.75) is 39.3 Å². The maximum atomic E-state index is 6.32. The van der Waals surface area contributed by atoms with Crippen molar-refractivity contribution in [3.63, 3.8) is 0 Å². The van der Waals surface area contributed by atoms with E-state index in [2.05, 4.69) is 112 Å². The van der Waals surface area contributed by atoms with Crippen molar-refractivity contribution in [1.29, 1.82) is 0 Å². The first kappa shape index (κ1) is 31.0. The van der Waals surface area contributed by atoms with E-state index in [-0.39, 0.29) is 0 Å². The largest absolute Gasteiger partial charge is 0.521 e. The Morgan fingerprint density at radius 2 is 0.974 bits per heavy atom. The van der Waals surface area contributed by atoms with Gasteiger partial charge in [0.05, 0.1) is 0 Å². The van der Waals surface area contributed by atoms with E-state index in [4.69, 9.17) is 17.1 Å². The molecule has 0 fully saturated rings. The Morgan fingerprint density at radius 1 is 0.538 bits per heavy atom. The van der Waals surface area contributed by atoms with Gasteiger partial charge in [-0.25, -0.2) is 0 Å². The zero-order valence-electron chi connectivity index (χ0n) is 24.3. The van der Waals surface area contributed by atoms with Crippen molar-refractivity contribution in [3.05, 3.63) is 115 Å². The number of hydrogen-bond donors (Lipinski definition) is 0. The van der Waals surface area contributed by atoms with Crippen LogP contribution in [0.4, 0.5) is 0 Å². The van der Waals surface area contributed by atoms with Gasteiger partial charge in [0.25, 0.3) is 0 Å². The molecule has 0 aliphatic heterocycles. The molecule has 0 atom stereocenters. The standard InChI is InChI=1S/C18H28O3Si3.C13H14OSi/c1-22(2)20-24(5,6)21-23(3,4)19-18-14-12-17(13-15-18)16-10-8-7-9-11-16;1-14-15(12-8-4-2-5-9-12)13-10-6-3-7-11-13/h7-15,22H,1-6H3;2-11,15H,1H3. The van der Waals surface area contributed by atoms with Gasteiger partial charge in [0, 0.05) is 7.11 Å². The van der Waals surface area contributed by atoms with E-state index in [1.165, 1.54) is 21.5 Å². The van der Waals surface area contributed by atoms with E-state index in [1.54, 1.807) is 7.11 Å². The number of benzene rings is 4. The van der Waals surface area contributed by atoms with E-state index in [9.17, 15) is 0 Å². The van der Waals surface area contributed by atoms with E-state index in [0.29, 0.717) is 0 Å². The molecule has 0 unspecified atom stereocenters. The van der Waals surface area contributed by atoms with Gasteiger partial charge in [0.2, 0.25) is 9.04 Å². The molecule has 4 aromatic carbocycles. The average Bonchev–Trinajstić information content (AvgIpc) is 2.90. The molecule has 0 aliphatic carbocycles. The molecule has 4 aromatic rings. The highest BCUT2D eigenvalue weighted by atomic mass is 28.5. The molecule has 0 saturated carbocycles. The predicted molar refractivity (Wildman–Crippen MR) is 175 cm³/mol. The van der Waals surface area contributed by atoms with Crippen LogP contribution in [0.1, 0.15) is 0 Å². The van der Waals surface area contributed by atoms with Gasteiger partial charge in [-0.1, -0.05) is 103 Å². The van der Waals surface area contributed by atoms with Crippen molar-refractivity contribution in [3.8, 4) is 16.9 Å². The van der Waals surface area contributed by atoms with Crippen molar-refractivity contribution >= 4 is 45.6 Å². The minimum atomic E-state index is -2.28. The molecule has 0 bridgehead atoms. The minimum Gasteiger partial charge on any atom is -0.521 e. The molecule has 4 rings (SSSR count). The third-order valence-electron chi connectivity index (χ3n) is 5.78. The second-order valence-electron chi connectivity index (χ2n) is 10.5. The molecule has 0 heterocycles. The summed E-state index contributed by atoms with van der Waals surface area (Å²) in [6, 6.07) is 39.5. The maximum Gasteiger partial charge on any atom is 0.383 e. The quantitative estimate of drug-likeness (QED) is 0.203. The molecule has 0 aromatic heterocycles. The lowest BCUT2D eigenvalue weighted by atomic mass is 10.1. The smallest absolute Gasteiger partial charge is 0.383 e. The third-order valence-corrected chi connectivity index (χ3v) is 17.0. The lowest BCUT2D eigenvalue weighted by Gasteiger charge is -2.34.